The van der Waals surface area contributed by atoms with E-state index in [1.54, 1.807) is 19.9 Å². The maximum Gasteiger partial charge on any atom is 0.490 e. The Morgan fingerprint density at radius 1 is 0.976 bits per heavy atom. The van der Waals surface area contributed by atoms with Gasteiger partial charge in [0, 0.05) is 49.2 Å². The standard InChI is InChI=1S/C12H17BN2O4.C11H18N2O3.C2HF3O2/c1-2-19-10(16)4-3-9(15-12(13)18)7-8-5-6-14-11(8)17;1-2-16-10(14)4-3-9(12)7-8-5-6-13-11(8)15;3-2(4,5)1(6)7/h3-4,8-9H,2,5-7H2,1H3,(H,14,17)(H,15,18);3-4,8-9H,2,5-7,12H2,1H3,(H,13,15);(H,6,7)/b2*4-3+;/t2*8-,9+;/m00./s1. The second-order valence-corrected chi connectivity index (χ2v) is 8.83. The fourth-order valence-electron chi connectivity index (χ4n) is 3.60. The number of carbonyl (C=O) groups excluding carboxylic acids is 5. The van der Waals surface area contributed by atoms with Gasteiger partial charge in [0.25, 0.3) is 0 Å². The lowest BCUT2D eigenvalue weighted by molar-refractivity contribution is -0.192. The van der Waals surface area contributed by atoms with Crippen LogP contribution in [0.3, 0.4) is 0 Å². The average molecular weight is 604 g/mol. The first-order chi connectivity index (χ1) is 19.6. The number of halogens is 3. The summed E-state index contributed by atoms with van der Waals surface area (Å²) in [6.45, 7) is 5.43. The summed E-state index contributed by atoms with van der Waals surface area (Å²) in [6, 6.07) is -0.742. The number of amides is 3. The highest BCUT2D eigenvalue weighted by atomic mass is 19.4. The second-order valence-electron chi connectivity index (χ2n) is 8.83. The molecule has 13 nitrogen and oxygen atoms in total. The zero-order valence-corrected chi connectivity index (χ0v) is 23.3. The third-order valence-corrected chi connectivity index (χ3v) is 5.51. The molecule has 2 aliphatic heterocycles. The molecule has 0 aliphatic carbocycles. The summed E-state index contributed by atoms with van der Waals surface area (Å²) >= 11 is 0. The summed E-state index contributed by atoms with van der Waals surface area (Å²) in [4.78, 5) is 64.7. The normalized spacial score (nSPS) is 19.4. The van der Waals surface area contributed by atoms with Gasteiger partial charge in [0.05, 0.1) is 13.2 Å². The molecule has 2 radical (unpaired) electrons. The Bertz CT molecular complexity index is 993. The number of hydrogen-bond donors (Lipinski definition) is 5. The molecule has 0 spiro atoms. The van der Waals surface area contributed by atoms with Crippen molar-refractivity contribution in [1.82, 2.24) is 16.0 Å². The predicted molar refractivity (Wildman–Crippen MR) is 143 cm³/mol. The molecular formula is C25H36BF3N4O9. The van der Waals surface area contributed by atoms with Crippen molar-refractivity contribution in [3.63, 3.8) is 0 Å². The number of rotatable bonds is 11. The molecule has 17 heteroatoms. The van der Waals surface area contributed by atoms with Gasteiger partial charge in [0.2, 0.25) is 19.7 Å². The molecule has 4 atom stereocenters. The summed E-state index contributed by atoms with van der Waals surface area (Å²) in [6.07, 6.45) is 3.06. The summed E-state index contributed by atoms with van der Waals surface area (Å²) in [5.41, 5.74) is 5.79. The summed E-state index contributed by atoms with van der Waals surface area (Å²) < 4.78 is 41.2. The van der Waals surface area contributed by atoms with Crippen LogP contribution in [0.2, 0.25) is 0 Å². The van der Waals surface area contributed by atoms with E-state index < -0.39 is 35.9 Å². The summed E-state index contributed by atoms with van der Waals surface area (Å²) in [7, 11) is 5.07. The van der Waals surface area contributed by atoms with E-state index in [0.717, 1.165) is 13.0 Å². The Kier molecular flexibility index (Phi) is 18.2. The van der Waals surface area contributed by atoms with Gasteiger partial charge in [-0.1, -0.05) is 12.2 Å². The number of alkyl halides is 3. The smallest absolute Gasteiger partial charge is 0.475 e. The van der Waals surface area contributed by atoms with Crippen LogP contribution in [0.1, 0.15) is 39.5 Å². The van der Waals surface area contributed by atoms with Crippen molar-refractivity contribution in [3.8, 4) is 0 Å². The fourth-order valence-corrected chi connectivity index (χ4v) is 3.60. The van der Waals surface area contributed by atoms with Crippen LogP contribution in [0.4, 0.5) is 18.0 Å². The molecule has 0 bridgehead atoms. The lowest BCUT2D eigenvalue weighted by Gasteiger charge is -2.17. The molecule has 2 saturated heterocycles. The molecule has 2 rings (SSSR count). The van der Waals surface area contributed by atoms with Crippen molar-refractivity contribution in [2.75, 3.05) is 26.3 Å². The first-order valence-corrected chi connectivity index (χ1v) is 13.0. The van der Waals surface area contributed by atoms with Gasteiger partial charge in [-0.3, -0.25) is 14.4 Å². The zero-order chi connectivity index (χ0) is 32.3. The molecule has 0 saturated carbocycles. The van der Waals surface area contributed by atoms with E-state index in [1.807, 2.05) is 0 Å². The van der Waals surface area contributed by atoms with Crippen molar-refractivity contribution in [2.24, 2.45) is 17.6 Å². The monoisotopic (exact) mass is 604 g/mol. The quantitative estimate of drug-likeness (QED) is 0.125. The van der Waals surface area contributed by atoms with Crippen molar-refractivity contribution < 1.29 is 56.5 Å². The molecule has 0 aromatic rings. The van der Waals surface area contributed by atoms with Crippen LogP contribution < -0.4 is 21.7 Å². The molecule has 2 fully saturated rings. The van der Waals surface area contributed by atoms with Crippen LogP contribution >= 0.6 is 0 Å². The third-order valence-electron chi connectivity index (χ3n) is 5.51. The molecule has 234 valence electrons. The lowest BCUT2D eigenvalue weighted by atomic mass is 9.97. The van der Waals surface area contributed by atoms with Crippen LogP contribution in [0, 0.1) is 11.8 Å². The van der Waals surface area contributed by atoms with Gasteiger partial charge in [0.15, 0.2) is 5.81 Å². The second kappa shape index (κ2) is 20.1. The Morgan fingerprint density at radius 2 is 1.40 bits per heavy atom. The Morgan fingerprint density at radius 3 is 1.76 bits per heavy atom. The van der Waals surface area contributed by atoms with Gasteiger partial charge >= 0.3 is 24.1 Å². The predicted octanol–water partition coefficient (Wildman–Crippen LogP) is 0.471. The van der Waals surface area contributed by atoms with E-state index in [1.165, 1.54) is 18.2 Å². The highest BCUT2D eigenvalue weighted by Gasteiger charge is 2.38. The third kappa shape index (κ3) is 17.7. The molecule has 42 heavy (non-hydrogen) atoms. The van der Waals surface area contributed by atoms with Crippen molar-refractivity contribution in [3.05, 3.63) is 24.3 Å². The van der Waals surface area contributed by atoms with Crippen LogP contribution in [0.25, 0.3) is 0 Å². The van der Waals surface area contributed by atoms with Gasteiger partial charge < -0.3 is 36.3 Å². The number of nitrogens with one attached hydrogen (secondary N) is 3. The maximum absolute atomic E-state index is 11.5. The van der Waals surface area contributed by atoms with Gasteiger partial charge in [0.1, 0.15) is 0 Å². The van der Waals surface area contributed by atoms with E-state index in [-0.39, 0.29) is 36.3 Å². The van der Waals surface area contributed by atoms with Gasteiger partial charge in [-0.2, -0.15) is 13.2 Å². The highest BCUT2D eigenvalue weighted by molar-refractivity contribution is 6.57. The van der Waals surface area contributed by atoms with Gasteiger partial charge in [-0.05, 0) is 39.5 Å². The largest absolute Gasteiger partial charge is 0.490 e. The fraction of sp³-hybridized carbons (Fsp3) is 0.600. The van der Waals surface area contributed by atoms with E-state index in [2.05, 4.69) is 16.0 Å². The zero-order valence-electron chi connectivity index (χ0n) is 23.3. The molecule has 6 N–H and O–H groups in total. The number of carboxylic acid groups (broad SMARTS) is 1. The maximum atomic E-state index is 11.5. The average Bonchev–Trinajstić information content (AvgIpc) is 3.48. The van der Waals surface area contributed by atoms with Gasteiger partial charge in [-0.25, -0.2) is 14.4 Å². The number of carbonyl (C=O) groups is 6. The number of nitrogens with two attached hydrogens (primary N) is 1. The topological polar surface area (TPSA) is 203 Å². The number of carboxylic acids is 1. The van der Waals surface area contributed by atoms with Crippen molar-refractivity contribution >= 4 is 43.4 Å². The lowest BCUT2D eigenvalue weighted by Crippen LogP contribution is -2.35. The van der Waals surface area contributed by atoms with E-state index in [9.17, 15) is 37.1 Å². The van der Waals surface area contributed by atoms with Crippen LogP contribution in [0.15, 0.2) is 24.3 Å². The minimum absolute atomic E-state index is 0.0261. The molecule has 3 amide bonds. The molecule has 2 aliphatic rings. The van der Waals surface area contributed by atoms with Gasteiger partial charge in [-0.15, -0.1) is 0 Å². The number of hydrogen-bond acceptors (Lipinski definition) is 9. The number of esters is 2. The highest BCUT2D eigenvalue weighted by Crippen LogP contribution is 2.17. The molecular weight excluding hydrogens is 568 g/mol. The number of aliphatic carboxylic acids is 1. The van der Waals surface area contributed by atoms with Crippen LogP contribution in [0.5, 0.6) is 0 Å². The molecule has 0 aromatic heterocycles. The van der Waals surface area contributed by atoms with Crippen molar-refractivity contribution in [1.29, 1.82) is 0 Å². The van der Waals surface area contributed by atoms with E-state index in [4.69, 9.17) is 33.0 Å². The Hall–Kier alpha value is -3.89. The molecule has 2 heterocycles. The van der Waals surface area contributed by atoms with E-state index >= 15 is 0 Å². The minimum Gasteiger partial charge on any atom is -0.475 e. The van der Waals surface area contributed by atoms with Crippen LogP contribution in [-0.4, -0.2) is 93.0 Å². The Labute approximate surface area is 242 Å². The first kappa shape index (κ1) is 38.1. The first-order valence-electron chi connectivity index (χ1n) is 13.0. The van der Waals surface area contributed by atoms with E-state index in [0.29, 0.717) is 32.4 Å². The SMILES string of the molecule is CCOC(=O)/C=C/[C@@H](N)C[C@@H]1CCNC1=O.O=C(O)C(F)(F)F.[B]C(=O)N[C@H](/C=C/C(=O)OCC)C[C@@H]1CCNC1=O. The van der Waals surface area contributed by atoms with Crippen molar-refractivity contribution in [2.45, 2.75) is 57.8 Å². The molecule has 0 unspecified atom stereocenters. The summed E-state index contributed by atoms with van der Waals surface area (Å²) in [5, 5.41) is 15.1. The molecule has 0 aromatic carbocycles. The number of ether oxygens (including phenoxy) is 2. The summed E-state index contributed by atoms with van der Waals surface area (Å²) in [5.74, 6) is -4.53. The van der Waals surface area contributed by atoms with Crippen LogP contribution in [-0.2, 0) is 33.4 Å². The Balaban J connectivity index is 0.000000661. The minimum atomic E-state index is -5.08.